The number of methoxy groups -OCH3 is 1. The molecule has 1 aromatic rings. The van der Waals surface area contributed by atoms with Crippen LogP contribution < -0.4 is 15.8 Å². The van der Waals surface area contributed by atoms with Crippen LogP contribution in [-0.4, -0.2) is 44.0 Å². The summed E-state index contributed by atoms with van der Waals surface area (Å²) in [7, 11) is 3.11. The number of amides is 2. The highest BCUT2D eigenvalue weighted by atomic mass is 35.5. The number of benzene rings is 1. The zero-order valence-electron chi connectivity index (χ0n) is 12.7. The van der Waals surface area contributed by atoms with Crippen molar-refractivity contribution in [1.29, 1.82) is 0 Å². The molecule has 0 atom stereocenters. The summed E-state index contributed by atoms with van der Waals surface area (Å²) in [6, 6.07) is 3.08. The van der Waals surface area contributed by atoms with Crippen molar-refractivity contribution in [2.24, 2.45) is 5.92 Å². The van der Waals surface area contributed by atoms with Crippen molar-refractivity contribution in [2.75, 3.05) is 33.0 Å². The second kappa shape index (κ2) is 6.87. The third-order valence-corrected chi connectivity index (χ3v) is 4.28. The molecule has 6 nitrogen and oxygen atoms in total. The van der Waals surface area contributed by atoms with E-state index in [4.69, 9.17) is 22.1 Å². The monoisotopic (exact) mass is 325 g/mol. The lowest BCUT2D eigenvalue weighted by Crippen LogP contribution is -2.42. The fourth-order valence-electron chi connectivity index (χ4n) is 2.62. The Hall–Kier alpha value is -1.95. The summed E-state index contributed by atoms with van der Waals surface area (Å²) in [6.45, 7) is 1.06. The van der Waals surface area contributed by atoms with Crippen LogP contribution in [0.4, 0.5) is 5.69 Å². The number of nitrogens with zero attached hydrogens (tertiary/aromatic N) is 1. The molecule has 0 spiro atoms. The van der Waals surface area contributed by atoms with Gasteiger partial charge in [0.2, 0.25) is 5.91 Å². The van der Waals surface area contributed by atoms with E-state index in [9.17, 15) is 9.59 Å². The van der Waals surface area contributed by atoms with Gasteiger partial charge in [0, 0.05) is 32.1 Å². The Bertz CT molecular complexity index is 584. The fraction of sp³-hybridized carbons (Fsp3) is 0.467. The molecule has 1 fully saturated rings. The molecule has 120 valence electrons. The largest absolute Gasteiger partial charge is 0.496 e. The zero-order chi connectivity index (χ0) is 16.3. The van der Waals surface area contributed by atoms with Gasteiger partial charge in [0.15, 0.2) is 0 Å². The lowest BCUT2D eigenvalue weighted by atomic mass is 9.95. The Morgan fingerprint density at radius 3 is 2.55 bits per heavy atom. The van der Waals surface area contributed by atoms with Gasteiger partial charge in [-0.2, -0.15) is 0 Å². The van der Waals surface area contributed by atoms with Gasteiger partial charge in [-0.05, 0) is 18.9 Å². The van der Waals surface area contributed by atoms with Crippen molar-refractivity contribution in [3.8, 4) is 5.75 Å². The lowest BCUT2D eigenvalue weighted by Gasteiger charge is -2.31. The van der Waals surface area contributed by atoms with Gasteiger partial charge in [-0.25, -0.2) is 0 Å². The van der Waals surface area contributed by atoms with Gasteiger partial charge in [0.1, 0.15) is 5.75 Å². The number of nitrogens with one attached hydrogen (secondary N) is 1. The number of anilines is 1. The van der Waals surface area contributed by atoms with E-state index in [1.54, 1.807) is 18.0 Å². The highest BCUT2D eigenvalue weighted by molar-refractivity contribution is 6.33. The molecule has 0 aliphatic carbocycles. The SMILES string of the molecule is CNC(=O)C1CCN(C(=O)c2cc(Cl)c(N)cc2OC)CC1. The molecular formula is C15H20ClN3O3. The summed E-state index contributed by atoms with van der Waals surface area (Å²) in [6.07, 6.45) is 1.30. The molecule has 0 bridgehead atoms. The van der Waals surface area contributed by atoms with Crippen LogP contribution >= 0.6 is 11.6 Å². The summed E-state index contributed by atoms with van der Waals surface area (Å²) in [5.41, 5.74) is 6.49. The Balaban J connectivity index is 2.13. The van der Waals surface area contributed by atoms with Gasteiger partial charge in [-0.15, -0.1) is 0 Å². The second-order valence-electron chi connectivity index (χ2n) is 5.25. The van der Waals surface area contributed by atoms with Crippen LogP contribution in [0.5, 0.6) is 5.75 Å². The van der Waals surface area contributed by atoms with Crippen molar-refractivity contribution < 1.29 is 14.3 Å². The number of ether oxygens (including phenoxy) is 1. The Morgan fingerprint density at radius 2 is 2.00 bits per heavy atom. The number of hydrogen-bond acceptors (Lipinski definition) is 4. The molecule has 0 unspecified atom stereocenters. The van der Waals surface area contributed by atoms with Crippen LogP contribution in [0.15, 0.2) is 12.1 Å². The molecule has 1 aliphatic heterocycles. The van der Waals surface area contributed by atoms with E-state index in [2.05, 4.69) is 5.32 Å². The third kappa shape index (κ3) is 3.27. The summed E-state index contributed by atoms with van der Waals surface area (Å²) >= 11 is 6.01. The highest BCUT2D eigenvalue weighted by Gasteiger charge is 2.28. The van der Waals surface area contributed by atoms with Crippen LogP contribution in [0.1, 0.15) is 23.2 Å². The molecule has 2 rings (SSSR count). The lowest BCUT2D eigenvalue weighted by molar-refractivity contribution is -0.125. The van der Waals surface area contributed by atoms with Crippen molar-refractivity contribution in [3.05, 3.63) is 22.7 Å². The maximum absolute atomic E-state index is 12.6. The number of likely N-dealkylation sites (tertiary alicyclic amines) is 1. The average molecular weight is 326 g/mol. The number of nitrogen functional groups attached to an aromatic ring is 1. The van der Waals surface area contributed by atoms with Gasteiger partial charge in [0.05, 0.1) is 23.4 Å². The summed E-state index contributed by atoms with van der Waals surface area (Å²) in [5, 5.41) is 2.97. The highest BCUT2D eigenvalue weighted by Crippen LogP contribution is 2.30. The maximum Gasteiger partial charge on any atom is 0.257 e. The molecule has 0 saturated carbocycles. The fourth-order valence-corrected chi connectivity index (χ4v) is 2.79. The Kier molecular flexibility index (Phi) is 5.13. The van der Waals surface area contributed by atoms with Crippen molar-refractivity contribution in [1.82, 2.24) is 10.2 Å². The predicted octanol–water partition coefficient (Wildman–Crippen LogP) is 1.53. The molecule has 1 saturated heterocycles. The number of hydrogen-bond donors (Lipinski definition) is 2. The molecule has 22 heavy (non-hydrogen) atoms. The van der Waals surface area contributed by atoms with E-state index in [1.807, 2.05) is 0 Å². The van der Waals surface area contributed by atoms with Gasteiger partial charge >= 0.3 is 0 Å². The van der Waals surface area contributed by atoms with Crippen molar-refractivity contribution in [3.63, 3.8) is 0 Å². The van der Waals surface area contributed by atoms with Gasteiger partial charge in [-0.1, -0.05) is 11.6 Å². The second-order valence-corrected chi connectivity index (χ2v) is 5.66. The normalized spacial score (nSPS) is 15.5. The van der Waals surface area contributed by atoms with Gasteiger partial charge in [0.25, 0.3) is 5.91 Å². The number of piperidine rings is 1. The van der Waals surface area contributed by atoms with Gasteiger partial charge < -0.3 is 20.7 Å². The molecule has 1 aromatic carbocycles. The number of carbonyl (C=O) groups excluding carboxylic acids is 2. The van der Waals surface area contributed by atoms with E-state index in [-0.39, 0.29) is 17.7 Å². The van der Waals surface area contributed by atoms with Crippen LogP contribution in [0.2, 0.25) is 5.02 Å². The predicted molar refractivity (Wildman–Crippen MR) is 85.1 cm³/mol. The first-order valence-electron chi connectivity index (χ1n) is 7.11. The molecule has 1 aliphatic rings. The minimum absolute atomic E-state index is 0.0280. The van der Waals surface area contributed by atoms with Crippen LogP contribution in [0, 0.1) is 5.92 Å². The van der Waals surface area contributed by atoms with E-state index in [1.165, 1.54) is 13.2 Å². The first kappa shape index (κ1) is 16.4. The van der Waals surface area contributed by atoms with Crippen LogP contribution in [0.25, 0.3) is 0 Å². The summed E-state index contributed by atoms with van der Waals surface area (Å²) in [5.74, 6) is 0.237. The standard InChI is InChI=1S/C15H20ClN3O3/c1-18-14(20)9-3-5-19(6-4-9)15(21)10-7-11(16)12(17)8-13(10)22-2/h7-9H,3-6,17H2,1-2H3,(H,18,20). The molecule has 3 N–H and O–H groups in total. The third-order valence-electron chi connectivity index (χ3n) is 3.95. The average Bonchev–Trinajstić information content (AvgIpc) is 2.55. The molecule has 7 heteroatoms. The van der Waals surface area contributed by atoms with E-state index in [0.717, 1.165) is 0 Å². The number of halogens is 1. The minimum atomic E-state index is -0.158. The molecule has 0 aromatic heterocycles. The quantitative estimate of drug-likeness (QED) is 0.825. The maximum atomic E-state index is 12.6. The molecule has 0 radical (unpaired) electrons. The number of nitrogens with two attached hydrogens (primary N) is 1. The molecule has 1 heterocycles. The molecular weight excluding hydrogens is 306 g/mol. The summed E-state index contributed by atoms with van der Waals surface area (Å²) < 4.78 is 5.22. The summed E-state index contributed by atoms with van der Waals surface area (Å²) in [4.78, 5) is 26.0. The van der Waals surface area contributed by atoms with E-state index >= 15 is 0 Å². The number of rotatable bonds is 3. The van der Waals surface area contributed by atoms with E-state index in [0.29, 0.717) is 48.0 Å². The van der Waals surface area contributed by atoms with Crippen LogP contribution in [-0.2, 0) is 4.79 Å². The minimum Gasteiger partial charge on any atom is -0.496 e. The van der Waals surface area contributed by atoms with Crippen molar-refractivity contribution >= 4 is 29.1 Å². The first-order valence-corrected chi connectivity index (χ1v) is 7.49. The Labute approximate surface area is 134 Å². The van der Waals surface area contributed by atoms with Gasteiger partial charge in [-0.3, -0.25) is 9.59 Å². The number of carbonyl (C=O) groups is 2. The zero-order valence-corrected chi connectivity index (χ0v) is 13.4. The topological polar surface area (TPSA) is 84.7 Å². The first-order chi connectivity index (χ1) is 10.5. The van der Waals surface area contributed by atoms with Crippen LogP contribution in [0.3, 0.4) is 0 Å². The van der Waals surface area contributed by atoms with E-state index < -0.39 is 0 Å². The van der Waals surface area contributed by atoms with Crippen molar-refractivity contribution in [2.45, 2.75) is 12.8 Å². The Morgan fingerprint density at radius 1 is 1.36 bits per heavy atom. The molecule has 2 amide bonds. The smallest absolute Gasteiger partial charge is 0.257 e.